The molecule has 0 aliphatic carbocycles. The Morgan fingerprint density at radius 2 is 2.18 bits per heavy atom. The molecule has 1 unspecified atom stereocenters. The fourth-order valence-corrected chi connectivity index (χ4v) is 3.62. The molecular formula is C10H11N3O2S2. The van der Waals surface area contributed by atoms with Crippen LogP contribution in [0.2, 0.25) is 0 Å². The predicted molar refractivity (Wildman–Crippen MR) is 63.7 cm³/mol. The van der Waals surface area contributed by atoms with Crippen LogP contribution in [-0.2, 0) is 10.0 Å². The predicted octanol–water partition coefficient (Wildman–Crippen LogP) is 1.59. The van der Waals surface area contributed by atoms with Crippen LogP contribution in [0.15, 0.2) is 16.3 Å². The number of nitrogens with one attached hydrogen (secondary N) is 1. The maximum atomic E-state index is 11.9. The van der Waals surface area contributed by atoms with Crippen molar-refractivity contribution in [3.05, 3.63) is 17.0 Å². The normalized spacial score (nSPS) is 12.6. The molecule has 1 aromatic rings. The highest BCUT2D eigenvalue weighted by Gasteiger charge is 2.20. The third kappa shape index (κ3) is 3.53. The summed E-state index contributed by atoms with van der Waals surface area (Å²) in [6.07, 6.45) is 0.676. The van der Waals surface area contributed by atoms with Gasteiger partial charge >= 0.3 is 0 Å². The van der Waals surface area contributed by atoms with Gasteiger partial charge in [0.2, 0.25) is 10.0 Å². The first kappa shape index (κ1) is 13.7. The molecule has 17 heavy (non-hydrogen) atoms. The second-order valence-electron chi connectivity index (χ2n) is 3.32. The second kappa shape index (κ2) is 5.78. The van der Waals surface area contributed by atoms with Gasteiger partial charge in [-0.2, -0.15) is 10.5 Å². The van der Waals surface area contributed by atoms with Crippen LogP contribution in [0.5, 0.6) is 0 Å². The van der Waals surface area contributed by atoms with Crippen LogP contribution < -0.4 is 4.72 Å². The van der Waals surface area contributed by atoms with E-state index in [-0.39, 0.29) is 10.6 Å². The van der Waals surface area contributed by atoms with Gasteiger partial charge in [0.05, 0.1) is 12.5 Å². The van der Waals surface area contributed by atoms with Crippen LogP contribution in [0.4, 0.5) is 0 Å². The van der Waals surface area contributed by atoms with Gasteiger partial charge in [0.15, 0.2) is 0 Å². The van der Waals surface area contributed by atoms with Gasteiger partial charge in [0.1, 0.15) is 15.2 Å². The molecule has 1 aromatic heterocycles. The van der Waals surface area contributed by atoms with Crippen molar-refractivity contribution >= 4 is 21.4 Å². The number of rotatable bonds is 5. The molecule has 7 heteroatoms. The number of nitriles is 2. The van der Waals surface area contributed by atoms with Gasteiger partial charge in [-0.1, -0.05) is 6.92 Å². The molecule has 1 rings (SSSR count). The summed E-state index contributed by atoms with van der Waals surface area (Å²) in [4.78, 5) is 0.346. The van der Waals surface area contributed by atoms with E-state index >= 15 is 0 Å². The molecule has 0 radical (unpaired) electrons. The standard InChI is InChI=1S/C10H11N3O2S2/c1-2-8(5-6-11)13-17(14,15)10-4-3-9(7-12)16-10/h3-4,8,13H,2,5H2,1H3. The maximum Gasteiger partial charge on any atom is 0.250 e. The molecule has 90 valence electrons. The van der Waals surface area contributed by atoms with E-state index in [0.717, 1.165) is 11.3 Å². The van der Waals surface area contributed by atoms with Crippen molar-refractivity contribution in [2.45, 2.75) is 30.0 Å². The zero-order chi connectivity index (χ0) is 12.9. The average Bonchev–Trinajstić information content (AvgIpc) is 2.77. The molecule has 0 fully saturated rings. The Morgan fingerprint density at radius 3 is 2.65 bits per heavy atom. The second-order valence-corrected chi connectivity index (χ2v) is 6.34. The van der Waals surface area contributed by atoms with Crippen LogP contribution >= 0.6 is 11.3 Å². The van der Waals surface area contributed by atoms with Crippen molar-refractivity contribution in [3.8, 4) is 12.1 Å². The summed E-state index contributed by atoms with van der Waals surface area (Å²) >= 11 is 0.916. The van der Waals surface area contributed by atoms with Crippen LogP contribution in [0.1, 0.15) is 24.6 Å². The summed E-state index contributed by atoms with van der Waals surface area (Å²) in [6.45, 7) is 1.81. The number of hydrogen-bond donors (Lipinski definition) is 1. The van der Waals surface area contributed by atoms with E-state index in [4.69, 9.17) is 10.5 Å². The highest BCUT2D eigenvalue weighted by atomic mass is 32.2. The first-order valence-corrected chi connectivity index (χ1v) is 7.22. The molecule has 1 atom stereocenters. The van der Waals surface area contributed by atoms with Crippen LogP contribution in [-0.4, -0.2) is 14.5 Å². The summed E-state index contributed by atoms with van der Waals surface area (Å²) in [6, 6.07) is 6.28. The fourth-order valence-electron chi connectivity index (χ4n) is 1.18. The minimum atomic E-state index is -3.62. The van der Waals surface area contributed by atoms with E-state index in [1.807, 2.05) is 12.1 Å². The van der Waals surface area contributed by atoms with E-state index in [1.165, 1.54) is 12.1 Å². The molecule has 0 saturated carbocycles. The third-order valence-electron chi connectivity index (χ3n) is 2.11. The van der Waals surface area contributed by atoms with Gasteiger partial charge in [-0.25, -0.2) is 13.1 Å². The van der Waals surface area contributed by atoms with Crippen molar-refractivity contribution in [2.75, 3.05) is 0 Å². The zero-order valence-corrected chi connectivity index (χ0v) is 10.8. The number of thiophene rings is 1. The number of nitrogens with zero attached hydrogens (tertiary/aromatic N) is 2. The summed E-state index contributed by atoms with van der Waals surface area (Å²) in [7, 11) is -3.62. The first-order chi connectivity index (χ1) is 8.03. The lowest BCUT2D eigenvalue weighted by molar-refractivity contribution is 0.545. The smallest absolute Gasteiger partial charge is 0.206 e. The largest absolute Gasteiger partial charge is 0.250 e. The Bertz CT molecular complexity index is 563. The lowest BCUT2D eigenvalue weighted by Crippen LogP contribution is -2.33. The highest BCUT2D eigenvalue weighted by molar-refractivity contribution is 7.91. The van der Waals surface area contributed by atoms with Crippen molar-refractivity contribution in [1.82, 2.24) is 4.72 Å². The summed E-state index contributed by atoms with van der Waals surface area (Å²) in [5, 5.41) is 17.2. The summed E-state index contributed by atoms with van der Waals surface area (Å²) < 4.78 is 26.3. The number of hydrogen-bond acceptors (Lipinski definition) is 5. The van der Waals surface area contributed by atoms with Crippen molar-refractivity contribution in [1.29, 1.82) is 10.5 Å². The van der Waals surface area contributed by atoms with E-state index < -0.39 is 16.1 Å². The zero-order valence-electron chi connectivity index (χ0n) is 9.17. The van der Waals surface area contributed by atoms with E-state index in [1.54, 1.807) is 6.92 Å². The molecule has 1 N–H and O–H groups in total. The van der Waals surface area contributed by atoms with Crippen LogP contribution in [0.3, 0.4) is 0 Å². The van der Waals surface area contributed by atoms with Gasteiger partial charge < -0.3 is 0 Å². The molecule has 0 aliphatic heterocycles. The topological polar surface area (TPSA) is 93.8 Å². The van der Waals surface area contributed by atoms with Crippen LogP contribution in [0.25, 0.3) is 0 Å². The Morgan fingerprint density at radius 1 is 1.47 bits per heavy atom. The first-order valence-electron chi connectivity index (χ1n) is 4.92. The minimum Gasteiger partial charge on any atom is -0.206 e. The SMILES string of the molecule is CCC(CC#N)NS(=O)(=O)c1ccc(C#N)s1. The van der Waals surface area contributed by atoms with Gasteiger partial charge in [-0.3, -0.25) is 0 Å². The van der Waals surface area contributed by atoms with E-state index in [0.29, 0.717) is 11.3 Å². The fraction of sp³-hybridized carbons (Fsp3) is 0.400. The van der Waals surface area contributed by atoms with Gasteiger partial charge in [-0.05, 0) is 18.6 Å². The minimum absolute atomic E-state index is 0.102. The highest BCUT2D eigenvalue weighted by Crippen LogP contribution is 2.21. The third-order valence-corrected chi connectivity index (χ3v) is 5.11. The Balaban J connectivity index is 2.89. The average molecular weight is 269 g/mol. The van der Waals surface area contributed by atoms with Gasteiger partial charge in [0, 0.05) is 6.04 Å². The molecule has 0 aromatic carbocycles. The van der Waals surface area contributed by atoms with E-state index in [2.05, 4.69) is 4.72 Å². The molecule has 0 amide bonds. The van der Waals surface area contributed by atoms with E-state index in [9.17, 15) is 8.42 Å². The maximum absolute atomic E-state index is 11.9. The quantitative estimate of drug-likeness (QED) is 0.878. The Kier molecular flexibility index (Phi) is 4.64. The molecular weight excluding hydrogens is 258 g/mol. The van der Waals surface area contributed by atoms with Gasteiger partial charge in [0.25, 0.3) is 0 Å². The molecule has 0 bridgehead atoms. The summed E-state index contributed by atoms with van der Waals surface area (Å²) in [5.74, 6) is 0. The monoisotopic (exact) mass is 269 g/mol. The van der Waals surface area contributed by atoms with Crippen molar-refractivity contribution in [3.63, 3.8) is 0 Å². The van der Waals surface area contributed by atoms with Crippen LogP contribution in [0, 0.1) is 22.7 Å². The molecule has 0 saturated heterocycles. The number of sulfonamides is 1. The molecule has 0 spiro atoms. The molecule has 1 heterocycles. The van der Waals surface area contributed by atoms with Crippen molar-refractivity contribution in [2.24, 2.45) is 0 Å². The lowest BCUT2D eigenvalue weighted by atomic mass is 10.2. The lowest BCUT2D eigenvalue weighted by Gasteiger charge is -2.12. The Hall–Kier alpha value is -1.41. The summed E-state index contributed by atoms with van der Waals surface area (Å²) in [5.41, 5.74) is 0. The Labute approximate surface area is 104 Å². The van der Waals surface area contributed by atoms with Gasteiger partial charge in [-0.15, -0.1) is 11.3 Å². The molecule has 5 nitrogen and oxygen atoms in total. The van der Waals surface area contributed by atoms with Crippen molar-refractivity contribution < 1.29 is 8.42 Å². The molecule has 0 aliphatic rings.